The first-order valence-corrected chi connectivity index (χ1v) is 10.4. The molecule has 4 heterocycles. The molecule has 4 aliphatic heterocycles. The number of nitrogens with one attached hydrogen (secondary N) is 2. The second kappa shape index (κ2) is 6.82. The van der Waals surface area contributed by atoms with Crippen LogP contribution in [0.25, 0.3) is 0 Å². The Hall–Kier alpha value is -2.08. The highest BCUT2D eigenvalue weighted by Crippen LogP contribution is 2.34. The topological polar surface area (TPSA) is 64.7 Å². The number of amides is 2. The van der Waals surface area contributed by atoms with Gasteiger partial charge < -0.3 is 15.5 Å². The fourth-order valence-electron chi connectivity index (χ4n) is 5.06. The van der Waals surface area contributed by atoms with E-state index in [2.05, 4.69) is 20.4 Å². The van der Waals surface area contributed by atoms with Gasteiger partial charge in [0.2, 0.25) is 5.91 Å². The monoisotopic (exact) mass is 368 g/mol. The van der Waals surface area contributed by atoms with Gasteiger partial charge >= 0.3 is 0 Å². The largest absolute Gasteiger partial charge is 0.374 e. The van der Waals surface area contributed by atoms with E-state index < -0.39 is 0 Å². The molecule has 3 saturated heterocycles. The van der Waals surface area contributed by atoms with Gasteiger partial charge in [-0.05, 0) is 55.7 Å². The summed E-state index contributed by atoms with van der Waals surface area (Å²) >= 11 is 0. The Balaban J connectivity index is 1.32. The summed E-state index contributed by atoms with van der Waals surface area (Å²) in [4.78, 5) is 29.6. The summed E-state index contributed by atoms with van der Waals surface area (Å²) < 4.78 is 0. The van der Waals surface area contributed by atoms with Crippen LogP contribution in [0, 0.1) is 11.8 Å². The lowest BCUT2D eigenvalue weighted by Crippen LogP contribution is -2.47. The molecule has 6 rings (SSSR count). The molecule has 144 valence electrons. The van der Waals surface area contributed by atoms with E-state index in [1.54, 1.807) is 0 Å². The normalized spacial score (nSPS) is 28.0. The van der Waals surface area contributed by atoms with Crippen molar-refractivity contribution in [3.63, 3.8) is 0 Å². The fourth-order valence-corrected chi connectivity index (χ4v) is 5.06. The number of piperidine rings is 1. The first-order chi connectivity index (χ1) is 13.2. The zero-order valence-corrected chi connectivity index (χ0v) is 15.7. The Morgan fingerprint density at radius 2 is 1.96 bits per heavy atom. The molecule has 1 aliphatic carbocycles. The van der Waals surface area contributed by atoms with Crippen LogP contribution in [0.2, 0.25) is 0 Å². The minimum absolute atomic E-state index is 0.0634. The lowest BCUT2D eigenvalue weighted by Gasteiger charge is -2.40. The number of carbonyl (C=O) groups is 2. The van der Waals surface area contributed by atoms with Gasteiger partial charge in [-0.2, -0.15) is 0 Å². The van der Waals surface area contributed by atoms with Crippen molar-refractivity contribution >= 4 is 23.2 Å². The number of fused-ring (bicyclic) bond motifs is 5. The number of benzene rings is 1. The van der Waals surface area contributed by atoms with Gasteiger partial charge in [0.1, 0.15) is 0 Å². The third kappa shape index (κ3) is 3.31. The van der Waals surface area contributed by atoms with Gasteiger partial charge in [0.25, 0.3) is 5.91 Å². The van der Waals surface area contributed by atoms with Gasteiger partial charge in [-0.15, -0.1) is 0 Å². The van der Waals surface area contributed by atoms with Crippen molar-refractivity contribution in [3.05, 3.63) is 23.8 Å². The molecule has 2 N–H and O–H groups in total. The van der Waals surface area contributed by atoms with Crippen LogP contribution in [0.3, 0.4) is 0 Å². The Labute approximate surface area is 160 Å². The Bertz CT molecular complexity index is 761. The number of anilines is 2. The van der Waals surface area contributed by atoms with E-state index in [0.29, 0.717) is 23.2 Å². The van der Waals surface area contributed by atoms with E-state index in [1.165, 1.54) is 38.6 Å². The maximum atomic E-state index is 13.2. The summed E-state index contributed by atoms with van der Waals surface area (Å²) in [5, 5.41) is 5.94. The first-order valence-electron chi connectivity index (χ1n) is 10.4. The highest BCUT2D eigenvalue weighted by Gasteiger charge is 2.38. The lowest BCUT2D eigenvalue weighted by molar-refractivity contribution is -0.114. The van der Waals surface area contributed by atoms with E-state index >= 15 is 0 Å². The second-order valence-corrected chi connectivity index (χ2v) is 8.72. The van der Waals surface area contributed by atoms with E-state index in [4.69, 9.17) is 0 Å². The third-order valence-electron chi connectivity index (χ3n) is 6.81. The van der Waals surface area contributed by atoms with Crippen LogP contribution in [0.5, 0.6) is 0 Å². The summed E-state index contributed by atoms with van der Waals surface area (Å²) in [6, 6.07) is 6.11. The van der Waals surface area contributed by atoms with Crippen molar-refractivity contribution in [2.24, 2.45) is 11.8 Å². The molecule has 6 heteroatoms. The van der Waals surface area contributed by atoms with Gasteiger partial charge in [-0.1, -0.05) is 6.42 Å². The standard InChI is InChI=1S/C21H28N4O2/c26-20-9-22-18-7-5-16(8-19(18)23-20)21(27)25-12-15-4-6-17(13-25)24(11-15)10-14-2-1-3-14/h5,7-8,14-15,17,22H,1-4,6,9-13H2,(H,23,26)/t15-,17-/m0/s1. The Morgan fingerprint density at radius 1 is 1.07 bits per heavy atom. The van der Waals surface area contributed by atoms with Crippen molar-refractivity contribution in [1.82, 2.24) is 9.80 Å². The van der Waals surface area contributed by atoms with Crippen LogP contribution >= 0.6 is 0 Å². The van der Waals surface area contributed by atoms with Crippen molar-refractivity contribution in [2.75, 3.05) is 43.4 Å². The van der Waals surface area contributed by atoms with Crippen molar-refractivity contribution in [1.29, 1.82) is 0 Å². The molecule has 2 bridgehead atoms. The summed E-state index contributed by atoms with van der Waals surface area (Å²) in [7, 11) is 0. The van der Waals surface area contributed by atoms with Crippen LogP contribution in [-0.4, -0.2) is 60.4 Å². The average molecular weight is 368 g/mol. The molecule has 1 aromatic carbocycles. The SMILES string of the molecule is O=C1CNc2ccc(C(=O)N3C[C@H]4CC[C@@H](C3)N(CC3CCC3)C4)cc2N1. The number of carbonyl (C=O) groups excluding carboxylic acids is 2. The third-order valence-corrected chi connectivity index (χ3v) is 6.81. The lowest BCUT2D eigenvalue weighted by atomic mass is 9.83. The van der Waals surface area contributed by atoms with E-state index in [9.17, 15) is 9.59 Å². The maximum Gasteiger partial charge on any atom is 0.253 e. The number of hydrogen-bond donors (Lipinski definition) is 2. The van der Waals surface area contributed by atoms with E-state index in [1.807, 2.05) is 18.2 Å². The first kappa shape index (κ1) is 17.0. The van der Waals surface area contributed by atoms with Gasteiger partial charge in [0, 0.05) is 37.8 Å². The van der Waals surface area contributed by atoms with E-state index in [-0.39, 0.29) is 18.4 Å². The molecule has 0 radical (unpaired) electrons. The molecule has 5 aliphatic rings. The molecule has 0 unspecified atom stereocenters. The van der Waals surface area contributed by atoms with Crippen LogP contribution in [0.4, 0.5) is 11.4 Å². The highest BCUT2D eigenvalue weighted by atomic mass is 16.2. The van der Waals surface area contributed by atoms with Crippen LogP contribution in [0.15, 0.2) is 18.2 Å². The maximum absolute atomic E-state index is 13.2. The molecule has 2 atom stereocenters. The van der Waals surface area contributed by atoms with Gasteiger partial charge in [0.15, 0.2) is 0 Å². The van der Waals surface area contributed by atoms with Crippen molar-refractivity contribution in [3.8, 4) is 0 Å². The fraction of sp³-hybridized carbons (Fsp3) is 0.619. The summed E-state index contributed by atoms with van der Waals surface area (Å²) in [6.45, 7) is 4.35. The predicted octanol–water partition coefficient (Wildman–Crippen LogP) is 2.39. The molecule has 2 amide bonds. The smallest absolute Gasteiger partial charge is 0.253 e. The molecular weight excluding hydrogens is 340 g/mol. The average Bonchev–Trinajstić information content (AvgIpc) is 2.95. The molecule has 0 aromatic heterocycles. The second-order valence-electron chi connectivity index (χ2n) is 8.72. The molecule has 6 nitrogen and oxygen atoms in total. The molecule has 1 saturated carbocycles. The quantitative estimate of drug-likeness (QED) is 0.860. The number of hydrogen-bond acceptors (Lipinski definition) is 4. The van der Waals surface area contributed by atoms with Crippen molar-refractivity contribution in [2.45, 2.75) is 38.1 Å². The highest BCUT2D eigenvalue weighted by molar-refractivity contribution is 6.03. The molecular formula is C21H28N4O2. The zero-order valence-electron chi connectivity index (χ0n) is 15.7. The zero-order chi connectivity index (χ0) is 18.4. The number of nitrogens with zero attached hydrogens (tertiary/aromatic N) is 2. The molecule has 1 aromatic rings. The summed E-state index contributed by atoms with van der Waals surface area (Å²) in [5.74, 6) is 1.50. The van der Waals surface area contributed by atoms with E-state index in [0.717, 1.165) is 31.2 Å². The van der Waals surface area contributed by atoms with Crippen LogP contribution in [-0.2, 0) is 4.79 Å². The Morgan fingerprint density at radius 3 is 2.78 bits per heavy atom. The summed E-state index contributed by atoms with van der Waals surface area (Å²) in [5.41, 5.74) is 2.26. The van der Waals surface area contributed by atoms with Crippen molar-refractivity contribution < 1.29 is 9.59 Å². The summed E-state index contributed by atoms with van der Waals surface area (Å²) in [6.07, 6.45) is 6.60. The minimum atomic E-state index is -0.0634. The van der Waals surface area contributed by atoms with Gasteiger partial charge in [-0.3, -0.25) is 14.5 Å². The Kier molecular flexibility index (Phi) is 4.31. The molecule has 4 fully saturated rings. The van der Waals surface area contributed by atoms with Crippen LogP contribution in [0.1, 0.15) is 42.5 Å². The molecule has 0 spiro atoms. The minimum Gasteiger partial charge on any atom is -0.374 e. The van der Waals surface area contributed by atoms with Gasteiger partial charge in [-0.25, -0.2) is 0 Å². The number of rotatable bonds is 3. The van der Waals surface area contributed by atoms with Crippen LogP contribution < -0.4 is 10.6 Å². The predicted molar refractivity (Wildman–Crippen MR) is 105 cm³/mol. The molecule has 27 heavy (non-hydrogen) atoms. The van der Waals surface area contributed by atoms with Gasteiger partial charge in [0.05, 0.1) is 17.9 Å².